The molecular formula is C51H54Cl3N9O3. The number of benzene rings is 6. The molecule has 3 aromatic heterocycles. The zero-order valence-corrected chi connectivity index (χ0v) is 41.4. The summed E-state index contributed by atoms with van der Waals surface area (Å²) >= 11 is 18.0. The molecule has 0 aliphatic carbocycles. The maximum absolute atomic E-state index is 10.7. The summed E-state index contributed by atoms with van der Waals surface area (Å²) in [6.45, 7) is 24.6. The predicted molar refractivity (Wildman–Crippen MR) is 267 cm³/mol. The highest BCUT2D eigenvalue weighted by molar-refractivity contribution is 6.31. The van der Waals surface area contributed by atoms with Crippen molar-refractivity contribution in [3.63, 3.8) is 0 Å². The van der Waals surface area contributed by atoms with Crippen molar-refractivity contribution in [2.24, 2.45) is 0 Å². The monoisotopic (exact) mass is 945 g/mol. The van der Waals surface area contributed by atoms with Gasteiger partial charge in [-0.1, -0.05) is 115 Å². The van der Waals surface area contributed by atoms with E-state index in [2.05, 4.69) is 92.9 Å². The Balaban J connectivity index is 0.000000147. The van der Waals surface area contributed by atoms with Gasteiger partial charge in [-0.3, -0.25) is 0 Å². The van der Waals surface area contributed by atoms with Crippen LogP contribution in [-0.2, 0) is 16.2 Å². The standard InChI is InChI=1S/3C17H18ClN3O/c3*1-10-7-12(17(2,3)4)16(22)15(8-10)21-19-13-6-5-11(18)9-14(13)20-21/h3*5-9,22H,1-4H3. The van der Waals surface area contributed by atoms with Gasteiger partial charge < -0.3 is 15.3 Å². The molecule has 0 amide bonds. The summed E-state index contributed by atoms with van der Waals surface area (Å²) in [5.41, 5.74) is 11.3. The van der Waals surface area contributed by atoms with E-state index in [4.69, 9.17) is 34.8 Å². The molecule has 0 fully saturated rings. The van der Waals surface area contributed by atoms with E-state index in [-0.39, 0.29) is 33.5 Å². The van der Waals surface area contributed by atoms with Gasteiger partial charge in [0.05, 0.1) is 0 Å². The smallest absolute Gasteiger partial charge is 0.146 e. The van der Waals surface area contributed by atoms with Crippen molar-refractivity contribution in [3.8, 4) is 34.3 Å². The second-order valence-electron chi connectivity index (χ2n) is 19.7. The second kappa shape index (κ2) is 17.9. The molecule has 3 N–H and O–H groups in total. The van der Waals surface area contributed by atoms with Crippen molar-refractivity contribution in [3.05, 3.63) is 139 Å². The molecule has 0 spiro atoms. The number of phenols is 3. The molecule has 66 heavy (non-hydrogen) atoms. The molecule has 0 bridgehead atoms. The van der Waals surface area contributed by atoms with Crippen LogP contribution in [-0.4, -0.2) is 60.3 Å². The van der Waals surface area contributed by atoms with Gasteiger partial charge >= 0.3 is 0 Å². The van der Waals surface area contributed by atoms with E-state index in [1.54, 1.807) is 36.4 Å². The Morgan fingerprint density at radius 2 is 0.576 bits per heavy atom. The number of fused-ring (bicyclic) bond motifs is 3. The Morgan fingerprint density at radius 3 is 0.803 bits per heavy atom. The van der Waals surface area contributed by atoms with Crippen LogP contribution in [0.3, 0.4) is 0 Å². The fourth-order valence-electron chi connectivity index (χ4n) is 7.44. The van der Waals surface area contributed by atoms with Crippen LogP contribution in [0.2, 0.25) is 15.1 Å². The molecule has 15 heteroatoms. The molecule has 3 heterocycles. The van der Waals surface area contributed by atoms with E-state index in [1.165, 1.54) is 14.4 Å². The molecule has 9 aromatic rings. The molecule has 0 radical (unpaired) electrons. The normalized spacial score (nSPS) is 12.0. The highest BCUT2D eigenvalue weighted by Crippen LogP contribution is 2.39. The minimum Gasteiger partial charge on any atom is -0.505 e. The summed E-state index contributed by atoms with van der Waals surface area (Å²) in [7, 11) is 0. The Hall–Kier alpha value is -6.21. The Bertz CT molecular complexity index is 2930. The zero-order chi connectivity index (χ0) is 48.2. The summed E-state index contributed by atoms with van der Waals surface area (Å²) in [4.78, 5) is 4.41. The predicted octanol–water partition coefficient (Wildman–Crippen LogP) is 13.2. The number of aryl methyl sites for hydroxylation is 3. The Kier molecular flexibility index (Phi) is 12.9. The summed E-state index contributed by atoms with van der Waals surface area (Å²) < 4.78 is 0. The first-order valence-corrected chi connectivity index (χ1v) is 22.5. The zero-order valence-electron chi connectivity index (χ0n) is 39.2. The molecule has 12 nitrogen and oxygen atoms in total. The lowest BCUT2D eigenvalue weighted by Crippen LogP contribution is -2.13. The third kappa shape index (κ3) is 10.3. The van der Waals surface area contributed by atoms with E-state index in [0.29, 0.717) is 48.7 Å². The molecule has 9 rings (SSSR count). The maximum Gasteiger partial charge on any atom is 0.146 e. The van der Waals surface area contributed by atoms with Crippen molar-refractivity contribution < 1.29 is 15.3 Å². The SMILES string of the molecule is Cc1cc(-n2nc3ccc(Cl)cc3n2)c(O)c(C(C)(C)C)c1.Cc1cc(-n2nc3ccc(Cl)cc3n2)c(O)c(C(C)(C)C)c1.Cc1cc(-n2nc3ccc(Cl)cc3n2)c(O)c(C(C)(C)C)c1. The number of hydrogen-bond donors (Lipinski definition) is 3. The van der Waals surface area contributed by atoms with Crippen molar-refractivity contribution in [2.75, 3.05) is 0 Å². The third-order valence-electron chi connectivity index (χ3n) is 10.8. The number of aromatic hydroxyl groups is 3. The van der Waals surface area contributed by atoms with Crippen LogP contribution in [0.15, 0.2) is 91.0 Å². The minimum atomic E-state index is -0.166. The highest BCUT2D eigenvalue weighted by Gasteiger charge is 2.25. The number of aromatic nitrogens is 9. The van der Waals surface area contributed by atoms with Crippen LogP contribution in [0, 0.1) is 20.8 Å². The molecular weight excluding hydrogens is 893 g/mol. The fraction of sp³-hybridized carbons (Fsp3) is 0.294. The third-order valence-corrected chi connectivity index (χ3v) is 11.5. The van der Waals surface area contributed by atoms with E-state index in [9.17, 15) is 15.3 Å². The van der Waals surface area contributed by atoms with Gasteiger partial charge in [-0.2, -0.15) is 0 Å². The summed E-state index contributed by atoms with van der Waals surface area (Å²) in [6, 6.07) is 27.7. The molecule has 342 valence electrons. The summed E-state index contributed by atoms with van der Waals surface area (Å²) in [5.74, 6) is 0.638. The van der Waals surface area contributed by atoms with Crippen molar-refractivity contribution in [1.29, 1.82) is 0 Å². The second-order valence-corrected chi connectivity index (χ2v) is 21.0. The number of phenolic OH excluding ortho intramolecular Hbond substituents is 3. The lowest BCUT2D eigenvalue weighted by Gasteiger charge is -2.22. The molecule has 0 saturated heterocycles. The number of halogens is 3. The van der Waals surface area contributed by atoms with Gasteiger partial charge in [0, 0.05) is 31.8 Å². The average molecular weight is 947 g/mol. The van der Waals surface area contributed by atoms with Crippen LogP contribution in [0.5, 0.6) is 17.2 Å². The molecule has 0 aliphatic rings. The first kappa shape index (κ1) is 47.7. The Labute approximate surface area is 399 Å². The topological polar surface area (TPSA) is 153 Å². The van der Waals surface area contributed by atoms with Crippen molar-refractivity contribution in [1.82, 2.24) is 45.0 Å². The van der Waals surface area contributed by atoms with E-state index < -0.39 is 0 Å². The van der Waals surface area contributed by atoms with Crippen molar-refractivity contribution in [2.45, 2.75) is 99.3 Å². The lowest BCUT2D eigenvalue weighted by atomic mass is 9.85. The summed E-state index contributed by atoms with van der Waals surface area (Å²) in [6.07, 6.45) is 0. The quantitative estimate of drug-likeness (QED) is 0.157. The van der Waals surface area contributed by atoms with Gasteiger partial charge in [0.1, 0.15) is 67.4 Å². The average Bonchev–Trinajstić information content (AvgIpc) is 3.95. The van der Waals surface area contributed by atoms with Gasteiger partial charge in [0.25, 0.3) is 0 Å². The molecule has 0 atom stereocenters. The number of rotatable bonds is 3. The van der Waals surface area contributed by atoms with Gasteiger partial charge in [0.15, 0.2) is 0 Å². The number of hydrogen-bond acceptors (Lipinski definition) is 9. The molecule has 0 aliphatic heterocycles. The van der Waals surface area contributed by atoms with Crippen molar-refractivity contribution >= 4 is 67.9 Å². The first-order valence-electron chi connectivity index (χ1n) is 21.4. The Morgan fingerprint density at radius 1 is 0.348 bits per heavy atom. The molecule has 0 saturated carbocycles. The minimum absolute atomic E-state index is 0.166. The van der Waals surface area contributed by atoms with Crippen LogP contribution < -0.4 is 0 Å². The van der Waals surface area contributed by atoms with E-state index in [1.807, 2.05) is 75.4 Å². The van der Waals surface area contributed by atoms with Crippen LogP contribution in [0.25, 0.3) is 50.2 Å². The fourth-order valence-corrected chi connectivity index (χ4v) is 7.94. The van der Waals surface area contributed by atoms with Crippen LogP contribution >= 0.6 is 34.8 Å². The van der Waals surface area contributed by atoms with Crippen LogP contribution in [0.1, 0.15) is 95.7 Å². The lowest BCUT2D eigenvalue weighted by molar-refractivity contribution is 0.439. The first-order chi connectivity index (χ1) is 30.8. The molecule has 6 aromatic carbocycles. The maximum atomic E-state index is 10.7. The van der Waals surface area contributed by atoms with E-state index in [0.717, 1.165) is 49.9 Å². The highest BCUT2D eigenvalue weighted by atomic mass is 35.5. The van der Waals surface area contributed by atoms with Gasteiger partial charge in [-0.25, -0.2) is 0 Å². The van der Waals surface area contributed by atoms with Gasteiger partial charge in [-0.15, -0.1) is 45.0 Å². The van der Waals surface area contributed by atoms with Crippen LogP contribution in [0.4, 0.5) is 0 Å². The number of nitrogens with zero attached hydrogens (tertiary/aromatic N) is 9. The molecule has 0 unspecified atom stereocenters. The van der Waals surface area contributed by atoms with Gasteiger partial charge in [-0.05, 0) is 127 Å². The largest absolute Gasteiger partial charge is 0.505 e. The van der Waals surface area contributed by atoms with E-state index >= 15 is 0 Å². The summed E-state index contributed by atoms with van der Waals surface area (Å²) in [5, 5.41) is 60.4. The van der Waals surface area contributed by atoms with Gasteiger partial charge in [0.2, 0.25) is 0 Å².